The first kappa shape index (κ1) is 8.89. The van der Waals surface area contributed by atoms with Crippen molar-refractivity contribution in [1.82, 2.24) is 20.2 Å². The zero-order chi connectivity index (χ0) is 10.1. The van der Waals surface area contributed by atoms with Crippen molar-refractivity contribution in [2.45, 2.75) is 13.0 Å². The van der Waals surface area contributed by atoms with Gasteiger partial charge in [0.2, 0.25) is 0 Å². The van der Waals surface area contributed by atoms with Crippen molar-refractivity contribution in [3.8, 4) is 11.4 Å². The Morgan fingerprint density at radius 2 is 2.29 bits per heavy atom. The summed E-state index contributed by atoms with van der Waals surface area (Å²) < 4.78 is 5.04. The van der Waals surface area contributed by atoms with E-state index in [1.54, 1.807) is 19.3 Å². The number of aryl methyl sites for hydroxylation is 1. The molecule has 2 aromatic heterocycles. The lowest BCUT2D eigenvalue weighted by molar-refractivity contribution is 0.369. The largest absolute Gasteiger partial charge is 0.359 e. The number of rotatable bonds is 2. The van der Waals surface area contributed by atoms with E-state index in [0.29, 0.717) is 17.1 Å². The summed E-state index contributed by atoms with van der Waals surface area (Å²) in [4.78, 5) is 1.47. The van der Waals surface area contributed by atoms with E-state index in [4.69, 9.17) is 10.3 Å². The molecule has 0 aliphatic carbocycles. The molecule has 2 aromatic rings. The number of hydrogen-bond acceptors (Lipinski definition) is 5. The van der Waals surface area contributed by atoms with Crippen molar-refractivity contribution < 1.29 is 4.52 Å². The average Bonchev–Trinajstić information content (AvgIpc) is 2.70. The van der Waals surface area contributed by atoms with E-state index in [0.717, 1.165) is 0 Å². The second kappa shape index (κ2) is 3.22. The highest BCUT2D eigenvalue weighted by atomic mass is 16.5. The lowest BCUT2D eigenvalue weighted by Gasteiger charge is -1.93. The molecule has 0 saturated carbocycles. The van der Waals surface area contributed by atoms with Gasteiger partial charge in [-0.3, -0.25) is 0 Å². The summed E-state index contributed by atoms with van der Waals surface area (Å²) in [6.07, 6.45) is 1.63. The first-order chi connectivity index (χ1) is 6.66. The summed E-state index contributed by atoms with van der Waals surface area (Å²) in [5, 5.41) is 11.9. The fourth-order valence-corrected chi connectivity index (χ4v) is 1.09. The van der Waals surface area contributed by atoms with Gasteiger partial charge >= 0.3 is 0 Å². The molecule has 0 fully saturated rings. The Morgan fingerprint density at radius 1 is 1.50 bits per heavy atom. The monoisotopic (exact) mass is 193 g/mol. The number of aromatic nitrogens is 4. The van der Waals surface area contributed by atoms with Gasteiger partial charge in [-0.25, -0.2) is 0 Å². The molecule has 0 radical (unpaired) electrons. The zero-order valence-corrected chi connectivity index (χ0v) is 8.01. The fraction of sp³-hybridized carbons (Fsp3) is 0.375. The molecular formula is C8H11N5O. The van der Waals surface area contributed by atoms with Gasteiger partial charge in [-0.1, -0.05) is 5.16 Å². The highest BCUT2D eigenvalue weighted by Crippen LogP contribution is 2.18. The van der Waals surface area contributed by atoms with Gasteiger partial charge in [0, 0.05) is 13.1 Å². The molecule has 0 amide bonds. The maximum Gasteiger partial charge on any atom is 0.153 e. The first-order valence-electron chi connectivity index (χ1n) is 4.25. The standard InChI is InChI=1S/C8H11N5O/c1-5(9)8-3-6(12-14-8)7-4-10-13(2)11-7/h3-5H,9H2,1-2H3. The quantitative estimate of drug-likeness (QED) is 0.750. The van der Waals surface area contributed by atoms with Crippen molar-refractivity contribution in [1.29, 1.82) is 0 Å². The van der Waals surface area contributed by atoms with Crippen LogP contribution >= 0.6 is 0 Å². The van der Waals surface area contributed by atoms with Crippen LogP contribution in [-0.2, 0) is 7.05 Å². The van der Waals surface area contributed by atoms with E-state index in [2.05, 4.69) is 15.4 Å². The van der Waals surface area contributed by atoms with E-state index in [1.807, 2.05) is 6.92 Å². The molecule has 0 bridgehead atoms. The minimum atomic E-state index is -0.159. The van der Waals surface area contributed by atoms with Gasteiger partial charge in [-0.15, -0.1) is 0 Å². The lowest BCUT2D eigenvalue weighted by Crippen LogP contribution is -2.02. The van der Waals surface area contributed by atoms with E-state index < -0.39 is 0 Å². The van der Waals surface area contributed by atoms with Gasteiger partial charge in [0.1, 0.15) is 11.4 Å². The van der Waals surface area contributed by atoms with Crippen LogP contribution in [0, 0.1) is 0 Å². The first-order valence-corrected chi connectivity index (χ1v) is 4.25. The Hall–Kier alpha value is -1.69. The SMILES string of the molecule is CC(N)c1cc(-c2cnn(C)n2)no1. The Labute approximate surface area is 80.7 Å². The van der Waals surface area contributed by atoms with Gasteiger partial charge in [0.25, 0.3) is 0 Å². The predicted octanol–water partition coefficient (Wildman–Crippen LogP) is 0.490. The third kappa shape index (κ3) is 1.51. The molecule has 0 spiro atoms. The van der Waals surface area contributed by atoms with Crippen molar-refractivity contribution in [2.24, 2.45) is 12.8 Å². The van der Waals surface area contributed by atoms with E-state index >= 15 is 0 Å². The van der Waals surface area contributed by atoms with Crippen LogP contribution in [0.2, 0.25) is 0 Å². The van der Waals surface area contributed by atoms with Crippen molar-refractivity contribution in [2.75, 3.05) is 0 Å². The molecule has 1 atom stereocenters. The van der Waals surface area contributed by atoms with Crippen LogP contribution in [0.1, 0.15) is 18.7 Å². The maximum absolute atomic E-state index is 5.64. The molecule has 14 heavy (non-hydrogen) atoms. The Kier molecular flexibility index (Phi) is 2.05. The molecule has 1 unspecified atom stereocenters. The zero-order valence-electron chi connectivity index (χ0n) is 8.01. The highest BCUT2D eigenvalue weighted by Gasteiger charge is 2.11. The van der Waals surface area contributed by atoms with Crippen LogP contribution < -0.4 is 5.73 Å². The third-order valence-electron chi connectivity index (χ3n) is 1.84. The molecular weight excluding hydrogens is 182 g/mol. The second-order valence-corrected chi connectivity index (χ2v) is 3.12. The third-order valence-corrected chi connectivity index (χ3v) is 1.84. The summed E-state index contributed by atoms with van der Waals surface area (Å²) in [6, 6.07) is 1.61. The summed E-state index contributed by atoms with van der Waals surface area (Å²) in [5.74, 6) is 0.644. The number of nitrogens with two attached hydrogens (primary N) is 1. The van der Waals surface area contributed by atoms with E-state index in [-0.39, 0.29) is 6.04 Å². The van der Waals surface area contributed by atoms with Crippen molar-refractivity contribution in [3.63, 3.8) is 0 Å². The Bertz CT molecular complexity index is 430. The minimum absolute atomic E-state index is 0.159. The topological polar surface area (TPSA) is 82.8 Å². The highest BCUT2D eigenvalue weighted by molar-refractivity contribution is 5.51. The van der Waals surface area contributed by atoms with E-state index in [1.165, 1.54) is 4.80 Å². The molecule has 2 rings (SSSR count). The fourth-order valence-electron chi connectivity index (χ4n) is 1.09. The van der Waals surface area contributed by atoms with Gasteiger partial charge in [0.05, 0.1) is 12.2 Å². The molecule has 0 aliphatic rings. The van der Waals surface area contributed by atoms with Gasteiger partial charge in [-0.05, 0) is 6.92 Å². The summed E-state index contributed by atoms with van der Waals surface area (Å²) >= 11 is 0. The van der Waals surface area contributed by atoms with Gasteiger partial charge < -0.3 is 10.3 Å². The van der Waals surface area contributed by atoms with Crippen LogP contribution in [0.3, 0.4) is 0 Å². The lowest BCUT2D eigenvalue weighted by atomic mass is 10.2. The molecule has 0 aliphatic heterocycles. The molecule has 0 aromatic carbocycles. The van der Waals surface area contributed by atoms with Crippen LogP contribution in [0.15, 0.2) is 16.8 Å². The number of hydrogen-bond donors (Lipinski definition) is 1. The van der Waals surface area contributed by atoms with E-state index in [9.17, 15) is 0 Å². The Balaban J connectivity index is 2.33. The molecule has 74 valence electrons. The summed E-state index contributed by atoms with van der Waals surface area (Å²) in [6.45, 7) is 1.83. The second-order valence-electron chi connectivity index (χ2n) is 3.12. The van der Waals surface area contributed by atoms with Crippen LogP contribution in [-0.4, -0.2) is 20.2 Å². The molecule has 2 heterocycles. The molecule has 2 N–H and O–H groups in total. The average molecular weight is 193 g/mol. The molecule has 6 nitrogen and oxygen atoms in total. The molecule has 0 saturated heterocycles. The van der Waals surface area contributed by atoms with Crippen LogP contribution in [0.5, 0.6) is 0 Å². The maximum atomic E-state index is 5.64. The van der Waals surface area contributed by atoms with Crippen molar-refractivity contribution >= 4 is 0 Å². The predicted molar refractivity (Wildman–Crippen MR) is 49.1 cm³/mol. The van der Waals surface area contributed by atoms with Crippen LogP contribution in [0.4, 0.5) is 0 Å². The number of nitrogens with zero attached hydrogens (tertiary/aromatic N) is 4. The van der Waals surface area contributed by atoms with Crippen molar-refractivity contribution in [3.05, 3.63) is 18.0 Å². The minimum Gasteiger partial charge on any atom is -0.359 e. The van der Waals surface area contributed by atoms with Gasteiger partial charge in [0.15, 0.2) is 5.76 Å². The van der Waals surface area contributed by atoms with Gasteiger partial charge in [-0.2, -0.15) is 15.0 Å². The molecule has 6 heteroatoms. The Morgan fingerprint density at radius 3 is 2.79 bits per heavy atom. The van der Waals surface area contributed by atoms with Crippen LogP contribution in [0.25, 0.3) is 11.4 Å². The smallest absolute Gasteiger partial charge is 0.153 e. The normalized spacial score (nSPS) is 13.1. The summed E-state index contributed by atoms with van der Waals surface area (Å²) in [7, 11) is 1.75. The summed E-state index contributed by atoms with van der Waals surface area (Å²) in [5.41, 5.74) is 6.98.